The highest BCUT2D eigenvalue weighted by Crippen LogP contribution is 2.30. The number of hydrogen-bond donors (Lipinski definition) is 2. The van der Waals surface area contributed by atoms with Crippen LogP contribution in [0.1, 0.15) is 20.8 Å². The zero-order valence-electron chi connectivity index (χ0n) is 12.0. The fraction of sp³-hybridized carbons (Fsp3) is 0.400. The number of halogens is 1. The maximum atomic E-state index is 6.06. The Kier molecular flexibility index (Phi) is 4.50. The monoisotopic (exact) mass is 337 g/mol. The quantitative estimate of drug-likeness (QED) is 0.870. The Balaban J connectivity index is 2.33. The van der Waals surface area contributed by atoms with Gasteiger partial charge in [0.25, 0.3) is 0 Å². The molecule has 1 aromatic carbocycles. The SMILES string of the molecule is CCOC(C)(C)CNc1c(N)cnc2ccc(Br)cc12. The second-order valence-electron chi connectivity index (χ2n) is 5.30. The van der Waals surface area contributed by atoms with E-state index in [9.17, 15) is 0 Å². The minimum atomic E-state index is -0.247. The maximum Gasteiger partial charge on any atom is 0.0797 e. The lowest BCUT2D eigenvalue weighted by molar-refractivity contribution is 0.000729. The largest absolute Gasteiger partial charge is 0.396 e. The van der Waals surface area contributed by atoms with Crippen molar-refractivity contribution in [2.75, 3.05) is 24.2 Å². The van der Waals surface area contributed by atoms with E-state index in [0.29, 0.717) is 18.8 Å². The summed E-state index contributed by atoms with van der Waals surface area (Å²) in [7, 11) is 0. The van der Waals surface area contributed by atoms with Gasteiger partial charge >= 0.3 is 0 Å². The molecule has 1 heterocycles. The lowest BCUT2D eigenvalue weighted by Crippen LogP contribution is -2.33. The third-order valence-electron chi connectivity index (χ3n) is 3.09. The van der Waals surface area contributed by atoms with Crippen LogP contribution in [-0.4, -0.2) is 23.7 Å². The molecule has 3 N–H and O–H groups in total. The second kappa shape index (κ2) is 5.97. The molecule has 4 nitrogen and oxygen atoms in total. The molecule has 0 atom stereocenters. The van der Waals surface area contributed by atoms with Crippen molar-refractivity contribution >= 4 is 38.2 Å². The number of nitrogens with one attached hydrogen (secondary N) is 1. The standard InChI is InChI=1S/C15H20BrN3O/c1-4-20-15(2,3)9-19-14-11-7-10(16)5-6-13(11)18-8-12(14)17/h5-8H,4,9,17H2,1-3H3,(H,18,19). The summed E-state index contributed by atoms with van der Waals surface area (Å²) in [6.07, 6.45) is 1.69. The molecule has 0 saturated carbocycles. The number of ether oxygens (including phenoxy) is 1. The van der Waals surface area contributed by atoms with Crippen LogP contribution in [-0.2, 0) is 4.74 Å². The molecule has 2 rings (SSSR count). The highest BCUT2D eigenvalue weighted by molar-refractivity contribution is 9.10. The zero-order valence-corrected chi connectivity index (χ0v) is 13.6. The van der Waals surface area contributed by atoms with E-state index in [-0.39, 0.29) is 5.60 Å². The highest BCUT2D eigenvalue weighted by Gasteiger charge is 2.18. The van der Waals surface area contributed by atoms with Gasteiger partial charge in [0.15, 0.2) is 0 Å². The van der Waals surface area contributed by atoms with Gasteiger partial charge in [0.05, 0.1) is 28.7 Å². The van der Waals surface area contributed by atoms with Crippen molar-refractivity contribution in [3.05, 3.63) is 28.9 Å². The van der Waals surface area contributed by atoms with Crippen molar-refractivity contribution in [2.24, 2.45) is 0 Å². The van der Waals surface area contributed by atoms with Crippen LogP contribution in [0.4, 0.5) is 11.4 Å². The molecule has 0 spiro atoms. The van der Waals surface area contributed by atoms with Crippen molar-refractivity contribution in [1.82, 2.24) is 4.98 Å². The van der Waals surface area contributed by atoms with E-state index in [2.05, 4.69) is 40.1 Å². The number of benzene rings is 1. The number of nitrogens with two attached hydrogens (primary N) is 1. The van der Waals surface area contributed by atoms with Crippen molar-refractivity contribution < 1.29 is 4.74 Å². The van der Waals surface area contributed by atoms with Gasteiger partial charge in [0.1, 0.15) is 0 Å². The smallest absolute Gasteiger partial charge is 0.0797 e. The molecule has 20 heavy (non-hydrogen) atoms. The summed E-state index contributed by atoms with van der Waals surface area (Å²) in [5.41, 5.74) is 8.28. The molecule has 0 fully saturated rings. The minimum absolute atomic E-state index is 0.247. The highest BCUT2D eigenvalue weighted by atomic mass is 79.9. The lowest BCUT2D eigenvalue weighted by atomic mass is 10.1. The molecular formula is C15H20BrN3O. The van der Waals surface area contributed by atoms with Crippen LogP contribution in [0.3, 0.4) is 0 Å². The number of nitrogens with zero attached hydrogens (tertiary/aromatic N) is 1. The summed E-state index contributed by atoms with van der Waals surface area (Å²) in [4.78, 5) is 4.35. The number of hydrogen-bond acceptors (Lipinski definition) is 4. The average Bonchev–Trinajstić information content (AvgIpc) is 2.37. The Morgan fingerprint density at radius 1 is 1.40 bits per heavy atom. The summed E-state index contributed by atoms with van der Waals surface area (Å²) >= 11 is 3.49. The predicted octanol–water partition coefficient (Wildman–Crippen LogP) is 3.81. The van der Waals surface area contributed by atoms with Crippen molar-refractivity contribution in [3.63, 3.8) is 0 Å². The van der Waals surface area contributed by atoms with E-state index in [1.807, 2.05) is 25.1 Å². The fourth-order valence-electron chi connectivity index (χ4n) is 2.12. The number of aromatic nitrogens is 1. The van der Waals surface area contributed by atoms with E-state index >= 15 is 0 Å². The van der Waals surface area contributed by atoms with Gasteiger partial charge in [0, 0.05) is 23.0 Å². The topological polar surface area (TPSA) is 60.2 Å². The van der Waals surface area contributed by atoms with Gasteiger partial charge in [-0.05, 0) is 39.0 Å². The molecule has 0 aliphatic rings. The number of nitrogen functional groups attached to an aromatic ring is 1. The van der Waals surface area contributed by atoms with Crippen LogP contribution in [0.25, 0.3) is 10.9 Å². The molecule has 0 unspecified atom stereocenters. The van der Waals surface area contributed by atoms with E-state index in [4.69, 9.17) is 10.5 Å². The molecule has 5 heteroatoms. The molecule has 0 saturated heterocycles. The van der Waals surface area contributed by atoms with E-state index < -0.39 is 0 Å². The van der Waals surface area contributed by atoms with E-state index in [1.54, 1.807) is 6.20 Å². The normalized spacial score (nSPS) is 11.8. The third kappa shape index (κ3) is 3.41. The molecule has 0 aliphatic heterocycles. The molecule has 0 radical (unpaired) electrons. The first-order valence-electron chi connectivity index (χ1n) is 6.64. The van der Waals surface area contributed by atoms with Crippen molar-refractivity contribution in [3.8, 4) is 0 Å². The summed E-state index contributed by atoms with van der Waals surface area (Å²) in [5.74, 6) is 0. The lowest BCUT2D eigenvalue weighted by Gasteiger charge is -2.26. The van der Waals surface area contributed by atoms with Crippen molar-refractivity contribution in [2.45, 2.75) is 26.4 Å². The van der Waals surface area contributed by atoms with Crippen LogP contribution in [0, 0.1) is 0 Å². The molecule has 108 valence electrons. The fourth-order valence-corrected chi connectivity index (χ4v) is 2.48. The Hall–Kier alpha value is -1.33. The van der Waals surface area contributed by atoms with Gasteiger partial charge < -0.3 is 15.8 Å². The average molecular weight is 338 g/mol. The second-order valence-corrected chi connectivity index (χ2v) is 6.21. The van der Waals surface area contributed by atoms with Gasteiger partial charge in [-0.2, -0.15) is 0 Å². The molecule has 0 amide bonds. The summed E-state index contributed by atoms with van der Waals surface area (Å²) in [6.45, 7) is 7.47. The Morgan fingerprint density at radius 2 is 2.15 bits per heavy atom. The van der Waals surface area contributed by atoms with Gasteiger partial charge in [-0.3, -0.25) is 4.98 Å². The Bertz CT molecular complexity index is 608. The van der Waals surface area contributed by atoms with Crippen LogP contribution < -0.4 is 11.1 Å². The molecule has 0 bridgehead atoms. The van der Waals surface area contributed by atoms with Crippen LogP contribution >= 0.6 is 15.9 Å². The molecule has 0 aliphatic carbocycles. The van der Waals surface area contributed by atoms with E-state index in [0.717, 1.165) is 21.1 Å². The number of anilines is 2. The van der Waals surface area contributed by atoms with Gasteiger partial charge in [-0.25, -0.2) is 0 Å². The van der Waals surface area contributed by atoms with Gasteiger partial charge in [-0.1, -0.05) is 15.9 Å². The summed E-state index contributed by atoms with van der Waals surface area (Å²) in [5, 5.41) is 4.40. The molecular weight excluding hydrogens is 318 g/mol. The maximum absolute atomic E-state index is 6.06. The van der Waals surface area contributed by atoms with Crippen LogP contribution in [0.2, 0.25) is 0 Å². The predicted molar refractivity (Wildman–Crippen MR) is 88.1 cm³/mol. The third-order valence-corrected chi connectivity index (χ3v) is 3.58. The number of fused-ring (bicyclic) bond motifs is 1. The first-order chi connectivity index (χ1) is 9.43. The first kappa shape index (κ1) is 15.1. The van der Waals surface area contributed by atoms with Crippen LogP contribution in [0.5, 0.6) is 0 Å². The number of rotatable bonds is 5. The zero-order chi connectivity index (χ0) is 14.8. The summed E-state index contributed by atoms with van der Waals surface area (Å²) < 4.78 is 6.70. The van der Waals surface area contributed by atoms with E-state index in [1.165, 1.54) is 0 Å². The van der Waals surface area contributed by atoms with Gasteiger partial charge in [-0.15, -0.1) is 0 Å². The Morgan fingerprint density at radius 3 is 2.85 bits per heavy atom. The molecule has 1 aromatic heterocycles. The number of pyridine rings is 1. The first-order valence-corrected chi connectivity index (χ1v) is 7.44. The van der Waals surface area contributed by atoms with Crippen molar-refractivity contribution in [1.29, 1.82) is 0 Å². The minimum Gasteiger partial charge on any atom is -0.396 e. The summed E-state index contributed by atoms with van der Waals surface area (Å²) in [6, 6.07) is 5.96. The van der Waals surface area contributed by atoms with Crippen LogP contribution in [0.15, 0.2) is 28.9 Å². The molecule has 2 aromatic rings. The Labute approximate surface area is 127 Å². The van der Waals surface area contributed by atoms with Gasteiger partial charge in [0.2, 0.25) is 0 Å².